The molecule has 5 aromatic rings. The van der Waals surface area contributed by atoms with Gasteiger partial charge in [0.05, 0.1) is 73.0 Å². The Bertz CT molecular complexity index is 2250. The van der Waals surface area contributed by atoms with Gasteiger partial charge in [-0.3, -0.25) is 14.6 Å². The third-order valence-electron chi connectivity index (χ3n) is 10.8. The second kappa shape index (κ2) is 16.8. The average molecular weight is 777 g/mol. The Kier molecular flexibility index (Phi) is 11.5. The van der Waals surface area contributed by atoms with Crippen molar-refractivity contribution in [1.82, 2.24) is 50.3 Å². The maximum atomic E-state index is 13.5. The summed E-state index contributed by atoms with van der Waals surface area (Å²) < 4.78 is 9.46. The number of carbonyl (C=O) groups is 4. The molecule has 298 valence electrons. The van der Waals surface area contributed by atoms with E-state index in [4.69, 9.17) is 19.4 Å². The van der Waals surface area contributed by atoms with Crippen LogP contribution in [0, 0.1) is 5.92 Å². The minimum Gasteiger partial charge on any atom is -0.453 e. The van der Waals surface area contributed by atoms with Crippen molar-refractivity contribution in [2.24, 2.45) is 5.92 Å². The number of aromatic amines is 2. The molecule has 0 aliphatic carbocycles. The number of rotatable bonds is 11. The first kappa shape index (κ1) is 38.9. The van der Waals surface area contributed by atoms with Crippen LogP contribution in [0.2, 0.25) is 0 Å². The quantitative estimate of drug-likeness (QED) is 0.125. The zero-order valence-corrected chi connectivity index (χ0v) is 32.7. The molecule has 4 atom stereocenters. The lowest BCUT2D eigenvalue weighted by Crippen LogP contribution is -2.51. The monoisotopic (exact) mass is 776 g/mol. The minimum absolute atomic E-state index is 0.113. The van der Waals surface area contributed by atoms with Crippen LogP contribution in [0.5, 0.6) is 0 Å². The second-order valence-electron chi connectivity index (χ2n) is 14.7. The number of carbonyl (C=O) groups excluding carboxylic acids is 4. The Morgan fingerprint density at radius 3 is 1.89 bits per heavy atom. The van der Waals surface area contributed by atoms with Crippen LogP contribution in [-0.4, -0.2) is 103 Å². The Balaban J connectivity index is 1.02. The van der Waals surface area contributed by atoms with Crippen LogP contribution in [0.25, 0.3) is 44.8 Å². The number of amides is 4. The number of hydrogen-bond acceptors (Lipinski definition) is 10. The van der Waals surface area contributed by atoms with Gasteiger partial charge in [-0.25, -0.2) is 24.5 Å². The molecule has 0 spiro atoms. The Morgan fingerprint density at radius 1 is 0.737 bits per heavy atom. The van der Waals surface area contributed by atoms with E-state index in [9.17, 15) is 19.2 Å². The van der Waals surface area contributed by atoms with E-state index in [1.165, 1.54) is 14.2 Å². The summed E-state index contributed by atoms with van der Waals surface area (Å²) >= 11 is 0. The highest BCUT2D eigenvalue weighted by molar-refractivity contribution is 5.87. The average Bonchev–Trinajstić information content (AvgIpc) is 4.07. The van der Waals surface area contributed by atoms with Gasteiger partial charge in [0.1, 0.15) is 23.7 Å². The molecule has 16 heteroatoms. The van der Waals surface area contributed by atoms with E-state index >= 15 is 0 Å². The molecule has 0 bridgehead atoms. The van der Waals surface area contributed by atoms with Gasteiger partial charge >= 0.3 is 12.2 Å². The smallest absolute Gasteiger partial charge is 0.407 e. The fraction of sp³-hybridized carbons (Fsp3) is 0.415. The first-order valence-electron chi connectivity index (χ1n) is 19.4. The lowest BCUT2D eigenvalue weighted by Gasteiger charge is -2.30. The number of hydrogen-bond donors (Lipinski definition) is 4. The van der Waals surface area contributed by atoms with Crippen LogP contribution in [0.1, 0.15) is 76.6 Å². The normalized spacial score (nSPS) is 17.8. The molecule has 4 N–H and O–H groups in total. The molecule has 5 heterocycles. The fourth-order valence-corrected chi connectivity index (χ4v) is 7.69. The fourth-order valence-electron chi connectivity index (χ4n) is 7.69. The number of alkyl carbamates (subject to hydrolysis) is 2. The minimum atomic E-state index is -0.697. The predicted molar refractivity (Wildman–Crippen MR) is 211 cm³/mol. The maximum Gasteiger partial charge on any atom is 0.407 e. The van der Waals surface area contributed by atoms with E-state index in [1.54, 1.807) is 28.4 Å². The van der Waals surface area contributed by atoms with Gasteiger partial charge < -0.3 is 39.9 Å². The van der Waals surface area contributed by atoms with Crippen molar-refractivity contribution in [2.45, 2.75) is 77.0 Å². The molecule has 2 aliphatic rings. The first-order valence-corrected chi connectivity index (χ1v) is 19.4. The summed E-state index contributed by atoms with van der Waals surface area (Å²) in [5.74, 6) is 0.984. The van der Waals surface area contributed by atoms with Crippen molar-refractivity contribution >= 4 is 35.0 Å². The van der Waals surface area contributed by atoms with Gasteiger partial charge in [-0.05, 0) is 55.7 Å². The largest absolute Gasteiger partial charge is 0.453 e. The Morgan fingerprint density at radius 2 is 1.30 bits per heavy atom. The molecule has 3 aromatic heterocycles. The molecule has 0 unspecified atom stereocenters. The number of nitrogens with zero attached hydrogens (tertiary/aromatic N) is 6. The van der Waals surface area contributed by atoms with Gasteiger partial charge in [-0.2, -0.15) is 0 Å². The molecular formula is C41H48N10O6. The molecular weight excluding hydrogens is 729 g/mol. The Labute approximate surface area is 330 Å². The van der Waals surface area contributed by atoms with Crippen LogP contribution >= 0.6 is 0 Å². The Hall–Kier alpha value is -6.32. The molecule has 0 radical (unpaired) electrons. The number of imidazole rings is 2. The van der Waals surface area contributed by atoms with Gasteiger partial charge in [0.2, 0.25) is 11.8 Å². The van der Waals surface area contributed by atoms with E-state index in [0.717, 1.165) is 70.5 Å². The van der Waals surface area contributed by atoms with Gasteiger partial charge in [0, 0.05) is 24.2 Å². The molecule has 4 amide bonds. The third kappa shape index (κ3) is 8.16. The lowest BCUT2D eigenvalue weighted by molar-refractivity contribution is -0.135. The van der Waals surface area contributed by atoms with Crippen molar-refractivity contribution in [3.63, 3.8) is 0 Å². The molecule has 7 rings (SSSR count). The second-order valence-corrected chi connectivity index (χ2v) is 14.7. The lowest BCUT2D eigenvalue weighted by atomic mass is 10.0. The highest BCUT2D eigenvalue weighted by Crippen LogP contribution is 2.35. The van der Waals surface area contributed by atoms with Crippen LogP contribution in [-0.2, 0) is 19.1 Å². The first-order chi connectivity index (χ1) is 27.6. The molecule has 2 saturated heterocycles. The van der Waals surface area contributed by atoms with Gasteiger partial charge in [-0.1, -0.05) is 51.1 Å². The highest BCUT2D eigenvalue weighted by atomic mass is 16.5. The van der Waals surface area contributed by atoms with E-state index < -0.39 is 24.3 Å². The van der Waals surface area contributed by atoms with Gasteiger partial charge in [0.15, 0.2) is 0 Å². The topological polar surface area (TPSA) is 200 Å². The summed E-state index contributed by atoms with van der Waals surface area (Å²) in [5.41, 5.74) is 6.57. The number of ether oxygens (including phenoxy) is 2. The predicted octanol–water partition coefficient (Wildman–Crippen LogP) is 5.92. The van der Waals surface area contributed by atoms with Crippen molar-refractivity contribution in [2.75, 3.05) is 27.3 Å². The van der Waals surface area contributed by atoms with Gasteiger partial charge in [0.25, 0.3) is 0 Å². The number of aromatic nitrogens is 6. The molecule has 0 saturated carbocycles. The molecule has 2 aliphatic heterocycles. The summed E-state index contributed by atoms with van der Waals surface area (Å²) in [6, 6.07) is 12.0. The van der Waals surface area contributed by atoms with Crippen LogP contribution in [0.4, 0.5) is 9.59 Å². The van der Waals surface area contributed by atoms with Crippen LogP contribution < -0.4 is 10.6 Å². The summed E-state index contributed by atoms with van der Waals surface area (Å²) in [4.78, 5) is 80.0. The maximum absolute atomic E-state index is 13.5. The van der Waals surface area contributed by atoms with E-state index in [1.807, 2.05) is 63.2 Å². The van der Waals surface area contributed by atoms with E-state index in [-0.39, 0.29) is 29.8 Å². The standard InChI is InChI=1S/C41H48N10O6/c1-6-27(48-40(54)56-4)38(52)50-17-7-9-33(50)36-44-22-32(47-36)26-15-16-28-29(19-26)42-20-30(45-28)24-11-13-25(14-12-24)31-21-43-37(46-31)34-10-8-18-51(34)39(53)35(23(2)3)49-41(55)57-5/h11-16,19-23,27,33-35H,6-10,17-18H2,1-5H3,(H,43,46)(H,44,47)(H,48,54)(H,49,55)/t27-,33-,34-,35-/m0/s1. The molecule has 16 nitrogen and oxygen atoms in total. The van der Waals surface area contributed by atoms with Crippen molar-refractivity contribution in [3.05, 3.63) is 72.7 Å². The van der Waals surface area contributed by atoms with Crippen molar-refractivity contribution < 1.29 is 28.7 Å². The number of H-pyrrole nitrogens is 2. The summed E-state index contributed by atoms with van der Waals surface area (Å²) in [7, 11) is 2.56. The van der Waals surface area contributed by atoms with E-state index in [2.05, 4.69) is 30.6 Å². The molecule has 2 aromatic carbocycles. The number of likely N-dealkylation sites (tertiary alicyclic amines) is 2. The van der Waals surface area contributed by atoms with Gasteiger partial charge in [-0.15, -0.1) is 0 Å². The highest BCUT2D eigenvalue weighted by Gasteiger charge is 2.38. The zero-order chi connectivity index (χ0) is 40.2. The number of methoxy groups -OCH3 is 2. The third-order valence-corrected chi connectivity index (χ3v) is 10.8. The van der Waals surface area contributed by atoms with Crippen molar-refractivity contribution in [1.29, 1.82) is 0 Å². The van der Waals surface area contributed by atoms with Crippen LogP contribution in [0.3, 0.4) is 0 Å². The summed E-state index contributed by atoms with van der Waals surface area (Å²) in [6.45, 7) is 6.81. The van der Waals surface area contributed by atoms with E-state index in [0.29, 0.717) is 31.2 Å². The molecule has 57 heavy (non-hydrogen) atoms. The van der Waals surface area contributed by atoms with Crippen molar-refractivity contribution in [3.8, 4) is 33.8 Å². The number of fused-ring (bicyclic) bond motifs is 1. The number of benzene rings is 2. The zero-order valence-electron chi connectivity index (χ0n) is 32.7. The summed E-state index contributed by atoms with van der Waals surface area (Å²) in [5, 5.41) is 5.33. The van der Waals surface area contributed by atoms with Crippen LogP contribution in [0.15, 0.2) is 61.1 Å². The SMILES string of the molecule is CC[C@H](NC(=O)OC)C(=O)N1CCC[C@H]1c1ncc(-c2ccc3nc(-c4ccc(-c5cnc([C@@H]6CCCN6C(=O)[C@@H](NC(=O)OC)C(C)C)[nH]5)cc4)cnc3c2)[nH]1. The number of nitrogens with one attached hydrogen (secondary N) is 4. The summed E-state index contributed by atoms with van der Waals surface area (Å²) in [6.07, 6.45) is 7.70. The molecule has 2 fully saturated rings.